The zero-order valence-corrected chi connectivity index (χ0v) is 17.9. The molecule has 31 heavy (non-hydrogen) atoms. The fourth-order valence-electron chi connectivity index (χ4n) is 3.57. The molecule has 8 heteroatoms. The van der Waals surface area contributed by atoms with Gasteiger partial charge in [0.15, 0.2) is 0 Å². The number of hydrogen-bond donors (Lipinski definition) is 1. The molecule has 1 N–H and O–H groups in total. The van der Waals surface area contributed by atoms with Crippen molar-refractivity contribution in [1.82, 2.24) is 19.6 Å². The van der Waals surface area contributed by atoms with Crippen molar-refractivity contribution < 1.29 is 13.2 Å². The largest absolute Gasteiger partial charge is 0.346 e. The average Bonchev–Trinajstić information content (AvgIpc) is 2.84. The van der Waals surface area contributed by atoms with Crippen molar-refractivity contribution in [2.75, 3.05) is 13.1 Å². The summed E-state index contributed by atoms with van der Waals surface area (Å²) in [6.07, 6.45) is 4.30. The van der Waals surface area contributed by atoms with Crippen LogP contribution < -0.4 is 5.32 Å². The van der Waals surface area contributed by atoms with Gasteiger partial charge in [0.05, 0.1) is 22.8 Å². The first kappa shape index (κ1) is 21.1. The van der Waals surface area contributed by atoms with E-state index >= 15 is 0 Å². The second-order valence-corrected chi connectivity index (χ2v) is 9.37. The van der Waals surface area contributed by atoms with Gasteiger partial charge in [-0.25, -0.2) is 18.4 Å². The van der Waals surface area contributed by atoms with E-state index in [0.29, 0.717) is 24.3 Å². The lowest BCUT2D eigenvalue weighted by Gasteiger charge is -2.25. The van der Waals surface area contributed by atoms with Crippen LogP contribution in [0.25, 0.3) is 11.3 Å². The van der Waals surface area contributed by atoms with Gasteiger partial charge in [-0.3, -0.25) is 4.79 Å². The Morgan fingerprint density at radius 1 is 0.935 bits per heavy atom. The Morgan fingerprint density at radius 3 is 2.35 bits per heavy atom. The molecule has 1 saturated heterocycles. The zero-order valence-electron chi connectivity index (χ0n) is 17.1. The molecule has 1 aliphatic rings. The van der Waals surface area contributed by atoms with Gasteiger partial charge in [-0.05, 0) is 43.2 Å². The number of rotatable bonds is 6. The van der Waals surface area contributed by atoms with E-state index in [0.717, 1.165) is 30.5 Å². The smallest absolute Gasteiger partial charge is 0.251 e. The molecule has 1 aromatic heterocycles. The standard InChI is InChI=1S/C23H24N4O3S/c28-23(24-16-20-15-22(26-17-25-20)18-7-3-1-4-8-18)19-9-11-21(12-10-19)31(29,30)27-13-5-2-6-14-27/h1,3-4,7-12,15,17H,2,5-6,13-14,16H2,(H,24,28). The molecule has 4 rings (SSSR count). The number of sulfonamides is 1. The van der Waals surface area contributed by atoms with Crippen LogP contribution in [0.1, 0.15) is 35.3 Å². The van der Waals surface area contributed by atoms with Crippen LogP contribution in [0.5, 0.6) is 0 Å². The predicted molar refractivity (Wildman–Crippen MR) is 118 cm³/mol. The first-order valence-corrected chi connectivity index (χ1v) is 11.7. The molecule has 2 heterocycles. The van der Waals surface area contributed by atoms with Crippen molar-refractivity contribution in [3.63, 3.8) is 0 Å². The molecule has 1 amide bonds. The summed E-state index contributed by atoms with van der Waals surface area (Å²) >= 11 is 0. The number of carbonyl (C=O) groups is 1. The minimum Gasteiger partial charge on any atom is -0.346 e. The minimum atomic E-state index is -3.51. The molecule has 1 fully saturated rings. The molecular weight excluding hydrogens is 412 g/mol. The van der Waals surface area contributed by atoms with Crippen LogP contribution in [0.4, 0.5) is 0 Å². The second-order valence-electron chi connectivity index (χ2n) is 7.43. The molecule has 0 atom stereocenters. The Morgan fingerprint density at radius 2 is 1.65 bits per heavy atom. The fraction of sp³-hybridized carbons (Fsp3) is 0.261. The molecular formula is C23H24N4O3S. The van der Waals surface area contributed by atoms with Gasteiger partial charge >= 0.3 is 0 Å². The maximum Gasteiger partial charge on any atom is 0.251 e. The quantitative estimate of drug-likeness (QED) is 0.640. The van der Waals surface area contributed by atoms with Gasteiger partial charge in [0.1, 0.15) is 6.33 Å². The molecule has 0 unspecified atom stereocenters. The topological polar surface area (TPSA) is 92.3 Å². The average molecular weight is 437 g/mol. The summed E-state index contributed by atoms with van der Waals surface area (Å²) in [5.41, 5.74) is 2.84. The van der Waals surface area contributed by atoms with Crippen LogP contribution in [-0.4, -0.2) is 41.7 Å². The molecule has 0 aliphatic carbocycles. The summed E-state index contributed by atoms with van der Waals surface area (Å²) in [7, 11) is -3.51. The van der Waals surface area contributed by atoms with E-state index in [-0.39, 0.29) is 17.3 Å². The summed E-state index contributed by atoms with van der Waals surface area (Å²) in [5.74, 6) is -0.290. The number of nitrogens with zero attached hydrogens (tertiary/aromatic N) is 3. The van der Waals surface area contributed by atoms with E-state index in [1.165, 1.54) is 22.8 Å². The molecule has 7 nitrogen and oxygen atoms in total. The number of amides is 1. The van der Waals surface area contributed by atoms with Gasteiger partial charge < -0.3 is 5.32 Å². The Hall–Kier alpha value is -3.10. The lowest BCUT2D eigenvalue weighted by molar-refractivity contribution is 0.0950. The van der Waals surface area contributed by atoms with Gasteiger partial charge in [0.25, 0.3) is 5.91 Å². The molecule has 1 aliphatic heterocycles. The van der Waals surface area contributed by atoms with Crippen molar-refractivity contribution >= 4 is 15.9 Å². The van der Waals surface area contributed by atoms with Gasteiger partial charge in [-0.2, -0.15) is 4.31 Å². The third kappa shape index (κ3) is 4.98. The van der Waals surface area contributed by atoms with E-state index in [4.69, 9.17) is 0 Å². The van der Waals surface area contributed by atoms with Crippen LogP contribution in [0.15, 0.2) is 71.9 Å². The summed E-state index contributed by atoms with van der Waals surface area (Å²) < 4.78 is 27.0. The first-order chi connectivity index (χ1) is 15.0. The van der Waals surface area contributed by atoms with E-state index in [2.05, 4.69) is 15.3 Å². The highest BCUT2D eigenvalue weighted by Crippen LogP contribution is 2.21. The van der Waals surface area contributed by atoms with E-state index in [9.17, 15) is 13.2 Å². The molecule has 2 aromatic carbocycles. The SMILES string of the molecule is O=C(NCc1cc(-c2ccccc2)ncn1)c1ccc(S(=O)(=O)N2CCCCC2)cc1. The van der Waals surface area contributed by atoms with E-state index in [1.54, 1.807) is 12.1 Å². The number of piperidine rings is 1. The molecule has 0 bridgehead atoms. The van der Waals surface area contributed by atoms with Gasteiger partial charge in [-0.15, -0.1) is 0 Å². The Kier molecular flexibility index (Phi) is 6.39. The Balaban J connectivity index is 1.40. The van der Waals surface area contributed by atoms with Crippen LogP contribution in [0.2, 0.25) is 0 Å². The summed E-state index contributed by atoms with van der Waals surface area (Å²) in [4.78, 5) is 21.2. The van der Waals surface area contributed by atoms with Gasteiger partial charge in [0.2, 0.25) is 10.0 Å². The summed E-state index contributed by atoms with van der Waals surface area (Å²) in [5, 5.41) is 2.83. The van der Waals surface area contributed by atoms with Crippen molar-refractivity contribution in [3.05, 3.63) is 78.2 Å². The van der Waals surface area contributed by atoms with E-state index in [1.807, 2.05) is 36.4 Å². The van der Waals surface area contributed by atoms with Crippen molar-refractivity contribution in [1.29, 1.82) is 0 Å². The Bertz CT molecular complexity index is 1140. The molecule has 160 valence electrons. The van der Waals surface area contributed by atoms with Crippen LogP contribution in [0.3, 0.4) is 0 Å². The van der Waals surface area contributed by atoms with E-state index < -0.39 is 10.0 Å². The van der Waals surface area contributed by atoms with Gasteiger partial charge in [-0.1, -0.05) is 36.8 Å². The number of benzene rings is 2. The van der Waals surface area contributed by atoms with Crippen molar-refractivity contribution in [2.24, 2.45) is 0 Å². The highest BCUT2D eigenvalue weighted by Gasteiger charge is 2.25. The molecule has 0 saturated carbocycles. The van der Waals surface area contributed by atoms with Crippen LogP contribution in [-0.2, 0) is 16.6 Å². The zero-order chi connectivity index (χ0) is 21.7. The highest BCUT2D eigenvalue weighted by atomic mass is 32.2. The number of carbonyl (C=O) groups excluding carboxylic acids is 1. The number of nitrogens with one attached hydrogen (secondary N) is 1. The minimum absolute atomic E-state index is 0.217. The maximum absolute atomic E-state index is 12.7. The molecule has 0 radical (unpaired) electrons. The normalized spacial score (nSPS) is 14.8. The van der Waals surface area contributed by atoms with Crippen LogP contribution >= 0.6 is 0 Å². The third-order valence-corrected chi connectivity index (χ3v) is 7.21. The maximum atomic E-state index is 12.7. The first-order valence-electron chi connectivity index (χ1n) is 10.3. The van der Waals surface area contributed by atoms with Crippen LogP contribution in [0, 0.1) is 0 Å². The third-order valence-electron chi connectivity index (χ3n) is 5.29. The highest BCUT2D eigenvalue weighted by molar-refractivity contribution is 7.89. The fourth-order valence-corrected chi connectivity index (χ4v) is 5.08. The number of hydrogen-bond acceptors (Lipinski definition) is 5. The van der Waals surface area contributed by atoms with Crippen molar-refractivity contribution in [3.8, 4) is 11.3 Å². The summed E-state index contributed by atoms with van der Waals surface area (Å²) in [6.45, 7) is 1.35. The second kappa shape index (κ2) is 9.36. The lowest BCUT2D eigenvalue weighted by atomic mass is 10.1. The Labute approximate surface area is 182 Å². The molecule has 0 spiro atoms. The van der Waals surface area contributed by atoms with Crippen molar-refractivity contribution in [2.45, 2.75) is 30.7 Å². The summed E-state index contributed by atoms with van der Waals surface area (Å²) in [6, 6.07) is 17.7. The number of aromatic nitrogens is 2. The monoisotopic (exact) mass is 436 g/mol. The molecule has 3 aromatic rings. The van der Waals surface area contributed by atoms with Gasteiger partial charge in [0, 0.05) is 24.2 Å². The lowest BCUT2D eigenvalue weighted by Crippen LogP contribution is -2.35. The predicted octanol–water partition coefficient (Wildman–Crippen LogP) is 3.25.